The molecule has 1 aromatic heterocycles. The molecule has 0 aliphatic heterocycles. The first-order valence-electron chi connectivity index (χ1n) is 5.94. The average Bonchev–Trinajstić information content (AvgIpc) is 2.74. The molecule has 3 nitrogen and oxygen atoms in total. The number of benzene rings is 1. The van der Waals surface area contributed by atoms with Crippen molar-refractivity contribution in [3.05, 3.63) is 34.8 Å². The van der Waals surface area contributed by atoms with Crippen LogP contribution >= 0.6 is 23.1 Å². The highest BCUT2D eigenvalue weighted by atomic mass is 32.2. The van der Waals surface area contributed by atoms with E-state index in [1.807, 2.05) is 6.92 Å². The molecule has 18 heavy (non-hydrogen) atoms. The van der Waals surface area contributed by atoms with Crippen LogP contribution in [-0.4, -0.2) is 16.2 Å². The zero-order valence-corrected chi connectivity index (χ0v) is 12.4. The normalized spacial score (nSPS) is 11.1. The minimum absolute atomic E-state index is 0.517. The van der Waals surface area contributed by atoms with Gasteiger partial charge in [0.2, 0.25) is 0 Å². The summed E-state index contributed by atoms with van der Waals surface area (Å²) in [7, 11) is 0. The highest BCUT2D eigenvalue weighted by molar-refractivity contribution is 8.01. The molecule has 0 aliphatic rings. The summed E-state index contributed by atoms with van der Waals surface area (Å²) in [5.41, 5.74) is 1.31. The topological polar surface area (TPSA) is 37.8 Å². The molecule has 5 heteroatoms. The summed E-state index contributed by atoms with van der Waals surface area (Å²) in [5, 5.41) is 12.5. The molecule has 0 amide bonds. The van der Waals surface area contributed by atoms with E-state index in [2.05, 4.69) is 53.6 Å². The average molecular weight is 279 g/mol. The van der Waals surface area contributed by atoms with E-state index in [0.717, 1.165) is 15.9 Å². The largest absolute Gasteiger partial charge is 0.310 e. The molecule has 0 unspecified atom stereocenters. The summed E-state index contributed by atoms with van der Waals surface area (Å²) in [6.45, 7) is 7.20. The Balaban J connectivity index is 1.95. The Hall–Kier alpha value is -0.910. The second kappa shape index (κ2) is 6.31. The number of hydrogen-bond donors (Lipinski definition) is 1. The van der Waals surface area contributed by atoms with Crippen molar-refractivity contribution >= 4 is 23.1 Å². The van der Waals surface area contributed by atoms with E-state index in [4.69, 9.17) is 0 Å². The quantitative estimate of drug-likeness (QED) is 0.909. The smallest absolute Gasteiger partial charge is 0.179 e. The Bertz CT molecular complexity index is 491. The fourth-order valence-corrected chi connectivity index (χ4v) is 3.21. The summed E-state index contributed by atoms with van der Waals surface area (Å²) in [6, 6.07) is 9.11. The predicted octanol–water partition coefficient (Wildman–Crippen LogP) is 3.50. The van der Waals surface area contributed by atoms with Gasteiger partial charge in [-0.2, -0.15) is 0 Å². The Morgan fingerprint density at radius 1 is 1.22 bits per heavy atom. The molecule has 1 aromatic carbocycles. The first-order valence-corrected chi connectivity index (χ1v) is 7.57. The second-order valence-electron chi connectivity index (χ2n) is 4.37. The summed E-state index contributed by atoms with van der Waals surface area (Å²) < 4.78 is 1.00. The molecule has 2 aromatic rings. The van der Waals surface area contributed by atoms with Gasteiger partial charge in [-0.05, 0) is 24.6 Å². The molecule has 1 N–H and O–H groups in total. The lowest BCUT2D eigenvalue weighted by molar-refractivity contribution is 0.588. The SMILES string of the molecule is Cc1nnc(Sc2ccc(CNC(C)C)cc2)s1. The second-order valence-corrected chi connectivity index (χ2v) is 6.87. The maximum atomic E-state index is 4.11. The minimum atomic E-state index is 0.517. The van der Waals surface area contributed by atoms with Gasteiger partial charge in [-0.1, -0.05) is 49.1 Å². The standard InChI is InChI=1S/C13H17N3S2/c1-9(2)14-8-11-4-6-12(7-5-11)18-13-16-15-10(3)17-13/h4-7,9,14H,8H2,1-3H3. The third kappa shape index (κ3) is 4.08. The number of rotatable bonds is 5. The highest BCUT2D eigenvalue weighted by Crippen LogP contribution is 2.29. The maximum absolute atomic E-state index is 4.11. The molecule has 0 fully saturated rings. The number of aromatic nitrogens is 2. The van der Waals surface area contributed by atoms with Crippen LogP contribution in [0, 0.1) is 6.92 Å². The number of nitrogens with one attached hydrogen (secondary N) is 1. The molecule has 1 heterocycles. The van der Waals surface area contributed by atoms with Crippen LogP contribution in [0.4, 0.5) is 0 Å². The predicted molar refractivity (Wildman–Crippen MR) is 77.2 cm³/mol. The van der Waals surface area contributed by atoms with Crippen molar-refractivity contribution in [1.29, 1.82) is 0 Å². The van der Waals surface area contributed by atoms with Gasteiger partial charge in [0.25, 0.3) is 0 Å². The van der Waals surface area contributed by atoms with Gasteiger partial charge in [-0.15, -0.1) is 10.2 Å². The number of nitrogens with zero attached hydrogens (tertiary/aromatic N) is 2. The van der Waals surface area contributed by atoms with Crippen molar-refractivity contribution in [2.75, 3.05) is 0 Å². The number of hydrogen-bond acceptors (Lipinski definition) is 5. The zero-order valence-electron chi connectivity index (χ0n) is 10.8. The van der Waals surface area contributed by atoms with Gasteiger partial charge in [0.05, 0.1) is 0 Å². The summed E-state index contributed by atoms with van der Waals surface area (Å²) >= 11 is 3.30. The molecule has 0 radical (unpaired) electrons. The fourth-order valence-electron chi connectivity index (χ4n) is 1.42. The fraction of sp³-hybridized carbons (Fsp3) is 0.385. The van der Waals surface area contributed by atoms with E-state index >= 15 is 0 Å². The minimum Gasteiger partial charge on any atom is -0.310 e. The van der Waals surface area contributed by atoms with Crippen LogP contribution in [0.3, 0.4) is 0 Å². The van der Waals surface area contributed by atoms with Crippen molar-refractivity contribution in [2.24, 2.45) is 0 Å². The number of aryl methyl sites for hydroxylation is 1. The van der Waals surface area contributed by atoms with Gasteiger partial charge in [0, 0.05) is 17.5 Å². The third-order valence-corrected chi connectivity index (χ3v) is 4.25. The van der Waals surface area contributed by atoms with Gasteiger partial charge in [-0.25, -0.2) is 0 Å². The van der Waals surface area contributed by atoms with Gasteiger partial charge < -0.3 is 5.32 Å². The first-order chi connectivity index (χ1) is 8.63. The molecule has 2 rings (SSSR count). The van der Waals surface area contributed by atoms with Crippen LogP contribution in [-0.2, 0) is 6.54 Å². The lowest BCUT2D eigenvalue weighted by Gasteiger charge is -2.08. The van der Waals surface area contributed by atoms with Gasteiger partial charge >= 0.3 is 0 Å². The third-order valence-electron chi connectivity index (χ3n) is 2.35. The molecule has 0 bridgehead atoms. The van der Waals surface area contributed by atoms with Crippen molar-refractivity contribution in [2.45, 2.75) is 42.6 Å². The highest BCUT2D eigenvalue weighted by Gasteiger charge is 2.03. The van der Waals surface area contributed by atoms with Crippen LogP contribution in [0.5, 0.6) is 0 Å². The van der Waals surface area contributed by atoms with Crippen LogP contribution in [0.1, 0.15) is 24.4 Å². The summed E-state index contributed by atoms with van der Waals surface area (Å²) in [5.74, 6) is 0. The lowest BCUT2D eigenvalue weighted by atomic mass is 10.2. The molecular weight excluding hydrogens is 262 g/mol. The van der Waals surface area contributed by atoms with Crippen molar-refractivity contribution < 1.29 is 0 Å². The lowest BCUT2D eigenvalue weighted by Crippen LogP contribution is -2.21. The molecule has 0 spiro atoms. The summed E-state index contributed by atoms with van der Waals surface area (Å²) in [4.78, 5) is 1.21. The van der Waals surface area contributed by atoms with Crippen molar-refractivity contribution in [3.63, 3.8) is 0 Å². The van der Waals surface area contributed by atoms with Crippen LogP contribution < -0.4 is 5.32 Å². The van der Waals surface area contributed by atoms with E-state index in [1.54, 1.807) is 23.1 Å². The monoisotopic (exact) mass is 279 g/mol. The van der Waals surface area contributed by atoms with E-state index in [1.165, 1.54) is 10.5 Å². The maximum Gasteiger partial charge on any atom is 0.179 e. The van der Waals surface area contributed by atoms with E-state index < -0.39 is 0 Å². The molecule has 0 saturated heterocycles. The molecule has 0 aliphatic carbocycles. The van der Waals surface area contributed by atoms with Crippen LogP contribution in [0.25, 0.3) is 0 Å². The van der Waals surface area contributed by atoms with Crippen LogP contribution in [0.2, 0.25) is 0 Å². The Morgan fingerprint density at radius 2 is 1.94 bits per heavy atom. The van der Waals surface area contributed by atoms with Gasteiger partial charge in [-0.3, -0.25) is 0 Å². The first kappa shape index (κ1) is 13.5. The Kier molecular flexibility index (Phi) is 4.74. The Labute approximate surface area is 116 Å². The van der Waals surface area contributed by atoms with E-state index in [9.17, 15) is 0 Å². The van der Waals surface area contributed by atoms with Crippen LogP contribution in [0.15, 0.2) is 33.5 Å². The molecule has 0 atom stereocenters. The molecule has 0 saturated carbocycles. The summed E-state index contributed by atoms with van der Waals surface area (Å²) in [6.07, 6.45) is 0. The van der Waals surface area contributed by atoms with Crippen molar-refractivity contribution in [3.8, 4) is 0 Å². The van der Waals surface area contributed by atoms with E-state index in [-0.39, 0.29) is 0 Å². The molecule has 96 valence electrons. The van der Waals surface area contributed by atoms with Crippen molar-refractivity contribution in [1.82, 2.24) is 15.5 Å². The van der Waals surface area contributed by atoms with E-state index in [0.29, 0.717) is 6.04 Å². The Morgan fingerprint density at radius 3 is 2.50 bits per heavy atom. The zero-order chi connectivity index (χ0) is 13.0. The van der Waals surface area contributed by atoms with Gasteiger partial charge in [0.1, 0.15) is 5.01 Å². The molecular formula is C13H17N3S2. The van der Waals surface area contributed by atoms with Gasteiger partial charge in [0.15, 0.2) is 4.34 Å².